The van der Waals surface area contributed by atoms with E-state index < -0.39 is 0 Å². The lowest BCUT2D eigenvalue weighted by molar-refractivity contribution is -0.115. The summed E-state index contributed by atoms with van der Waals surface area (Å²) in [6, 6.07) is 0. The van der Waals surface area contributed by atoms with Gasteiger partial charge < -0.3 is 4.90 Å². The first-order valence-electron chi connectivity index (χ1n) is 2.76. The maximum Gasteiger partial charge on any atom is 0.214 e. The molecule has 0 bridgehead atoms. The predicted molar refractivity (Wildman–Crippen MR) is 35.4 cm³/mol. The summed E-state index contributed by atoms with van der Waals surface area (Å²) in [5.74, 6) is 0. The van der Waals surface area contributed by atoms with Gasteiger partial charge in [0.05, 0.1) is 12.3 Å². The lowest BCUT2D eigenvalue weighted by Gasteiger charge is -2.12. The van der Waals surface area contributed by atoms with Gasteiger partial charge in [-0.05, 0) is 0 Å². The van der Waals surface area contributed by atoms with Gasteiger partial charge in [0.15, 0.2) is 6.29 Å². The Morgan fingerprint density at radius 1 is 1.60 bits per heavy atom. The molecule has 0 atom stereocenters. The Morgan fingerprint density at radius 3 is 3.00 bits per heavy atom. The van der Waals surface area contributed by atoms with Crippen LogP contribution in [0.4, 0.5) is 0 Å². The Hall–Kier alpha value is -1.45. The van der Waals surface area contributed by atoms with Gasteiger partial charge in [-0.25, -0.2) is 0 Å². The van der Waals surface area contributed by atoms with E-state index in [4.69, 9.17) is 0 Å². The maximum atomic E-state index is 10.1. The number of rotatable bonds is 2. The Morgan fingerprint density at radius 2 is 2.40 bits per heavy atom. The van der Waals surface area contributed by atoms with E-state index in [-0.39, 0.29) is 6.54 Å². The monoisotopic (exact) mass is 138 g/mol. The second-order valence-corrected chi connectivity index (χ2v) is 1.81. The summed E-state index contributed by atoms with van der Waals surface area (Å²) < 4.78 is 0. The van der Waals surface area contributed by atoms with Crippen LogP contribution >= 0.6 is 0 Å². The number of aldehydes is 1. The smallest absolute Gasteiger partial charge is 0.214 e. The second kappa shape index (κ2) is 2.91. The van der Waals surface area contributed by atoms with Gasteiger partial charge in [0.1, 0.15) is 0 Å². The lowest BCUT2D eigenvalue weighted by Crippen LogP contribution is -2.26. The molecule has 1 aliphatic rings. The average molecular weight is 138 g/mol. The van der Waals surface area contributed by atoms with Crippen LogP contribution in [0.25, 0.3) is 0 Å². The Bertz CT molecular complexity index is 208. The average Bonchev–Trinajstić information content (AvgIpc) is 2.05. The molecule has 0 saturated heterocycles. The molecule has 0 aliphatic carbocycles. The van der Waals surface area contributed by atoms with Crippen molar-refractivity contribution in [2.45, 2.75) is 0 Å². The SMILES string of the molecule is O=CC1=NC=CN(C=O)C1. The molecule has 0 spiro atoms. The minimum absolute atomic E-state index is 0.281. The molecule has 1 heterocycles. The van der Waals surface area contributed by atoms with Crippen molar-refractivity contribution in [1.82, 2.24) is 4.90 Å². The molecule has 0 aromatic heterocycles. The molecule has 0 aromatic carbocycles. The molecular weight excluding hydrogens is 132 g/mol. The molecule has 1 amide bonds. The third-order valence-corrected chi connectivity index (χ3v) is 1.11. The number of carbonyl (C=O) groups is 2. The fraction of sp³-hybridized carbons (Fsp3) is 0.167. The molecule has 0 unspecified atom stereocenters. The first kappa shape index (κ1) is 6.67. The van der Waals surface area contributed by atoms with Gasteiger partial charge in [0.25, 0.3) is 0 Å². The first-order valence-corrected chi connectivity index (χ1v) is 2.76. The third-order valence-electron chi connectivity index (χ3n) is 1.11. The number of carbonyl (C=O) groups excluding carboxylic acids is 2. The maximum absolute atomic E-state index is 10.1. The molecule has 1 rings (SSSR count). The molecule has 0 radical (unpaired) electrons. The van der Waals surface area contributed by atoms with Crippen molar-refractivity contribution in [2.75, 3.05) is 6.54 Å². The molecule has 52 valence electrons. The van der Waals surface area contributed by atoms with E-state index in [1.54, 1.807) is 0 Å². The van der Waals surface area contributed by atoms with Crippen LogP contribution in [0.3, 0.4) is 0 Å². The topological polar surface area (TPSA) is 49.7 Å². The fourth-order valence-corrected chi connectivity index (χ4v) is 0.635. The van der Waals surface area contributed by atoms with E-state index in [2.05, 4.69) is 4.99 Å². The van der Waals surface area contributed by atoms with Crippen molar-refractivity contribution in [3.8, 4) is 0 Å². The molecule has 4 nitrogen and oxygen atoms in total. The first-order chi connectivity index (χ1) is 4.86. The van der Waals surface area contributed by atoms with E-state index in [9.17, 15) is 9.59 Å². The van der Waals surface area contributed by atoms with Crippen LogP contribution in [0.5, 0.6) is 0 Å². The Labute approximate surface area is 57.8 Å². The molecule has 0 fully saturated rings. The van der Waals surface area contributed by atoms with Crippen LogP contribution < -0.4 is 0 Å². The summed E-state index contributed by atoms with van der Waals surface area (Å²) in [4.78, 5) is 25.3. The summed E-state index contributed by atoms with van der Waals surface area (Å²) in [6.07, 6.45) is 4.22. The van der Waals surface area contributed by atoms with Crippen molar-refractivity contribution in [3.05, 3.63) is 12.4 Å². The highest BCUT2D eigenvalue weighted by molar-refractivity contribution is 6.29. The van der Waals surface area contributed by atoms with Gasteiger partial charge in [0.2, 0.25) is 6.41 Å². The van der Waals surface area contributed by atoms with Crippen molar-refractivity contribution in [3.63, 3.8) is 0 Å². The number of amides is 1. The number of nitrogens with zero attached hydrogens (tertiary/aromatic N) is 2. The second-order valence-electron chi connectivity index (χ2n) is 1.81. The van der Waals surface area contributed by atoms with Crippen molar-refractivity contribution in [1.29, 1.82) is 0 Å². The molecule has 0 aromatic rings. The largest absolute Gasteiger partial charge is 0.314 e. The number of hydrogen-bond donors (Lipinski definition) is 0. The normalized spacial score (nSPS) is 16.4. The molecule has 0 N–H and O–H groups in total. The van der Waals surface area contributed by atoms with E-state index >= 15 is 0 Å². The summed E-state index contributed by atoms with van der Waals surface area (Å²) in [7, 11) is 0. The zero-order valence-corrected chi connectivity index (χ0v) is 5.23. The van der Waals surface area contributed by atoms with Gasteiger partial charge in [-0.2, -0.15) is 0 Å². The van der Waals surface area contributed by atoms with E-state index in [0.29, 0.717) is 18.4 Å². The van der Waals surface area contributed by atoms with Gasteiger partial charge >= 0.3 is 0 Å². The predicted octanol–water partition coefficient (Wildman–Crippen LogP) is -0.431. The summed E-state index contributed by atoms with van der Waals surface area (Å²) in [6.45, 7) is 0.281. The summed E-state index contributed by atoms with van der Waals surface area (Å²) >= 11 is 0. The van der Waals surface area contributed by atoms with Gasteiger partial charge in [-0.15, -0.1) is 0 Å². The zero-order chi connectivity index (χ0) is 7.40. The lowest BCUT2D eigenvalue weighted by atomic mass is 10.3. The van der Waals surface area contributed by atoms with E-state index in [1.807, 2.05) is 0 Å². The van der Waals surface area contributed by atoms with Crippen LogP contribution in [0.2, 0.25) is 0 Å². The third kappa shape index (κ3) is 1.28. The minimum atomic E-state index is 0.281. The van der Waals surface area contributed by atoms with Crippen LogP contribution in [0.1, 0.15) is 0 Å². The summed E-state index contributed by atoms with van der Waals surface area (Å²) in [5.41, 5.74) is 0.370. The van der Waals surface area contributed by atoms with Gasteiger partial charge in [-0.3, -0.25) is 14.6 Å². The fourth-order valence-electron chi connectivity index (χ4n) is 0.635. The molecular formula is C6H6N2O2. The Balaban J connectivity index is 2.66. The van der Waals surface area contributed by atoms with Crippen LogP contribution in [-0.4, -0.2) is 29.9 Å². The molecule has 1 aliphatic heterocycles. The molecule has 10 heavy (non-hydrogen) atoms. The highest BCUT2D eigenvalue weighted by atomic mass is 16.1. The van der Waals surface area contributed by atoms with Crippen molar-refractivity contribution < 1.29 is 9.59 Å². The molecule has 0 saturated carbocycles. The highest BCUT2D eigenvalue weighted by Gasteiger charge is 2.05. The van der Waals surface area contributed by atoms with Gasteiger partial charge in [0, 0.05) is 12.4 Å². The standard InChI is InChI=1S/C6H6N2O2/c9-4-6-3-8(5-10)2-1-7-6/h1-2,4-5H,3H2. The minimum Gasteiger partial charge on any atom is -0.314 e. The highest BCUT2D eigenvalue weighted by Crippen LogP contribution is 1.94. The summed E-state index contributed by atoms with van der Waals surface area (Å²) in [5, 5.41) is 0. The van der Waals surface area contributed by atoms with E-state index in [1.165, 1.54) is 17.3 Å². The number of aliphatic imine (C=N–C) groups is 1. The van der Waals surface area contributed by atoms with Crippen LogP contribution in [0.15, 0.2) is 17.4 Å². The van der Waals surface area contributed by atoms with Crippen LogP contribution in [-0.2, 0) is 9.59 Å². The number of hydrogen-bond acceptors (Lipinski definition) is 3. The van der Waals surface area contributed by atoms with Crippen molar-refractivity contribution in [2.24, 2.45) is 4.99 Å². The Kier molecular flexibility index (Phi) is 1.94. The zero-order valence-electron chi connectivity index (χ0n) is 5.23. The molecule has 4 heteroatoms. The quantitative estimate of drug-likeness (QED) is 0.486. The van der Waals surface area contributed by atoms with Crippen molar-refractivity contribution >= 4 is 18.4 Å². The van der Waals surface area contributed by atoms with Crippen LogP contribution in [0, 0.1) is 0 Å². The van der Waals surface area contributed by atoms with E-state index in [0.717, 1.165) is 0 Å². The van der Waals surface area contributed by atoms with Gasteiger partial charge in [-0.1, -0.05) is 0 Å².